The molecule has 1 atom stereocenters. The molecule has 1 aliphatic rings. The van der Waals surface area contributed by atoms with E-state index in [1.54, 1.807) is 28.4 Å². The first-order chi connectivity index (χ1) is 10.8. The lowest BCUT2D eigenvalue weighted by Gasteiger charge is -2.20. The van der Waals surface area contributed by atoms with Crippen LogP contribution in [0.2, 0.25) is 0 Å². The van der Waals surface area contributed by atoms with Crippen molar-refractivity contribution >= 4 is 25.1 Å². The molecule has 1 N–H and O–H groups in total. The maximum Gasteiger partial charge on any atom is 0.226 e. The zero-order valence-electron chi connectivity index (χ0n) is 11.9. The van der Waals surface area contributed by atoms with Crippen LogP contribution in [0.4, 0.5) is 0 Å². The number of hydrogen-bond donors (Lipinski definition) is 1. The van der Waals surface area contributed by atoms with E-state index in [0.717, 1.165) is 16.2 Å². The van der Waals surface area contributed by atoms with Crippen molar-refractivity contribution in [1.29, 1.82) is 0 Å². The van der Waals surface area contributed by atoms with Gasteiger partial charge in [-0.15, -0.1) is 27.5 Å². The van der Waals surface area contributed by atoms with Crippen LogP contribution in [0.3, 0.4) is 0 Å². The van der Waals surface area contributed by atoms with E-state index in [4.69, 9.17) is 4.74 Å². The third-order valence-electron chi connectivity index (χ3n) is 3.42. The number of carbonyl (C=O) groups excluding carboxylic acids is 1. The fourth-order valence-electron chi connectivity index (χ4n) is 2.38. The van der Waals surface area contributed by atoms with Gasteiger partial charge in [-0.3, -0.25) is 4.79 Å². The molecule has 113 valence electrons. The summed E-state index contributed by atoms with van der Waals surface area (Å²) in [4.78, 5) is 15.5. The summed E-state index contributed by atoms with van der Waals surface area (Å²) in [6.07, 6.45) is 3.11. The topological polar surface area (TPSA) is 84.0 Å². The first-order valence-electron chi connectivity index (χ1n) is 6.95. The Labute approximate surface area is 132 Å². The zero-order chi connectivity index (χ0) is 15.4. The van der Waals surface area contributed by atoms with Gasteiger partial charge in [0.05, 0.1) is 24.1 Å². The van der Waals surface area contributed by atoms with E-state index in [0.29, 0.717) is 25.5 Å². The summed E-state index contributed by atoms with van der Waals surface area (Å²) in [5, 5.41) is 13.9. The summed E-state index contributed by atoms with van der Waals surface area (Å²) < 4.78 is 5.76. The third kappa shape index (κ3) is 3.25. The highest BCUT2D eigenvalue weighted by Crippen LogP contribution is 2.25. The molecule has 3 rings (SSSR count). The lowest BCUT2D eigenvalue weighted by Crippen LogP contribution is -2.31. The molecule has 1 unspecified atom stereocenters. The van der Waals surface area contributed by atoms with Gasteiger partial charge >= 0.3 is 0 Å². The van der Waals surface area contributed by atoms with Crippen molar-refractivity contribution in [1.82, 2.24) is 25.5 Å². The molecule has 7 nitrogen and oxygen atoms in total. The van der Waals surface area contributed by atoms with Gasteiger partial charge in [-0.05, 0) is 30.0 Å². The number of thiophene rings is 1. The predicted molar refractivity (Wildman–Crippen MR) is 83.3 cm³/mol. The average Bonchev–Trinajstić information content (AvgIpc) is 3.23. The van der Waals surface area contributed by atoms with E-state index in [1.165, 1.54) is 0 Å². The van der Waals surface area contributed by atoms with Crippen LogP contribution in [0.5, 0.6) is 0 Å². The van der Waals surface area contributed by atoms with Crippen LogP contribution < -0.4 is 0 Å². The molecule has 2 aromatic rings. The number of hydrogen-bond acceptors (Lipinski definition) is 6. The summed E-state index contributed by atoms with van der Waals surface area (Å²) in [6, 6.07) is 4.04. The Bertz CT molecular complexity index is 657. The maximum atomic E-state index is 11.7. The van der Waals surface area contributed by atoms with Crippen molar-refractivity contribution in [3.05, 3.63) is 29.2 Å². The Morgan fingerprint density at radius 2 is 2.45 bits per heavy atom. The Balaban J connectivity index is 1.52. The van der Waals surface area contributed by atoms with Crippen molar-refractivity contribution in [3.63, 3.8) is 0 Å². The number of likely N-dealkylation sites (tertiary alicyclic amines) is 1. The number of aromatic nitrogens is 4. The minimum atomic E-state index is 0.0992. The Morgan fingerprint density at radius 1 is 1.55 bits per heavy atom. The van der Waals surface area contributed by atoms with Crippen LogP contribution in [-0.4, -0.2) is 51.9 Å². The molecule has 0 aliphatic carbocycles. The molecule has 9 heteroatoms. The highest BCUT2D eigenvalue weighted by molar-refractivity contribution is 7.15. The van der Waals surface area contributed by atoms with Gasteiger partial charge in [0.25, 0.3) is 0 Å². The largest absolute Gasteiger partial charge is 0.374 e. The smallest absolute Gasteiger partial charge is 0.226 e. The number of carbonyl (C=O) groups is 1. The van der Waals surface area contributed by atoms with Crippen molar-refractivity contribution in [2.24, 2.45) is 0 Å². The van der Waals surface area contributed by atoms with Gasteiger partial charge in [-0.2, -0.15) is 5.21 Å². The number of H-pyrrole nitrogens is 1. The van der Waals surface area contributed by atoms with Gasteiger partial charge < -0.3 is 9.64 Å². The zero-order valence-corrected chi connectivity index (χ0v) is 12.8. The molecule has 0 bridgehead atoms. The molecule has 3 heterocycles. The molecule has 1 fully saturated rings. The van der Waals surface area contributed by atoms with Crippen LogP contribution in [0, 0.1) is 0 Å². The number of rotatable bonds is 6. The molecular formula is C13H15BN5O2S. The molecule has 0 aromatic carbocycles. The summed E-state index contributed by atoms with van der Waals surface area (Å²) >= 11 is 1.57. The fourth-order valence-corrected chi connectivity index (χ4v) is 3.26. The molecule has 1 radical (unpaired) electrons. The lowest BCUT2D eigenvalue weighted by molar-refractivity contribution is -0.127. The van der Waals surface area contributed by atoms with Crippen LogP contribution in [0.25, 0.3) is 10.7 Å². The Kier molecular flexibility index (Phi) is 4.64. The van der Waals surface area contributed by atoms with Crippen molar-refractivity contribution in [3.8, 4) is 10.7 Å². The highest BCUT2D eigenvalue weighted by Gasteiger charge is 2.29. The Morgan fingerprint density at radius 3 is 3.23 bits per heavy atom. The van der Waals surface area contributed by atoms with Gasteiger partial charge in [0, 0.05) is 11.3 Å². The second-order valence-electron chi connectivity index (χ2n) is 4.89. The maximum absolute atomic E-state index is 11.7. The van der Waals surface area contributed by atoms with E-state index in [1.807, 2.05) is 12.1 Å². The van der Waals surface area contributed by atoms with Gasteiger partial charge in [-0.1, -0.05) is 0 Å². The number of tetrazole rings is 1. The second-order valence-corrected chi connectivity index (χ2v) is 6.06. The number of nitrogens with zero attached hydrogens (tertiary/aromatic N) is 4. The first-order valence-corrected chi connectivity index (χ1v) is 7.77. The van der Waals surface area contributed by atoms with Gasteiger partial charge in [0.15, 0.2) is 0 Å². The SMILES string of the molecule is [BH]C=CN1C(=O)CCC1COCc1ccc(-c2nn[nH]n2)s1. The van der Waals surface area contributed by atoms with Crippen LogP contribution in [0.1, 0.15) is 17.7 Å². The second kappa shape index (κ2) is 6.84. The third-order valence-corrected chi connectivity index (χ3v) is 4.48. The van der Waals surface area contributed by atoms with Gasteiger partial charge in [0.1, 0.15) is 7.85 Å². The van der Waals surface area contributed by atoms with Gasteiger partial charge in [-0.25, -0.2) is 0 Å². The quantitative estimate of drug-likeness (QED) is 0.797. The van der Waals surface area contributed by atoms with E-state index in [2.05, 4.69) is 28.5 Å². The molecular weight excluding hydrogens is 301 g/mol. The normalized spacial score (nSPS) is 18.6. The molecule has 2 aromatic heterocycles. The van der Waals surface area contributed by atoms with Crippen molar-refractivity contribution in [2.75, 3.05) is 6.61 Å². The van der Waals surface area contributed by atoms with Gasteiger partial charge in [0.2, 0.25) is 11.7 Å². The van der Waals surface area contributed by atoms with Crippen LogP contribution >= 0.6 is 11.3 Å². The standard InChI is InChI=1S/C13H15BN5O2S/c14-5-6-19-9(1-4-12(19)20)7-21-8-10-2-3-11(22-10)13-15-17-18-16-13/h2-3,5-6,9,14H,1,4,7-8H2,(H,15,16,17,18). The average molecular weight is 316 g/mol. The van der Waals surface area contributed by atoms with Crippen molar-refractivity contribution < 1.29 is 9.53 Å². The molecule has 0 saturated carbocycles. The summed E-state index contributed by atoms with van der Waals surface area (Å²) in [5.41, 5.74) is 0. The molecule has 1 aliphatic heterocycles. The van der Waals surface area contributed by atoms with Crippen LogP contribution in [0.15, 0.2) is 24.3 Å². The molecule has 1 saturated heterocycles. The number of aromatic amines is 1. The Hall–Kier alpha value is -2.00. The molecule has 22 heavy (non-hydrogen) atoms. The lowest BCUT2D eigenvalue weighted by atomic mass is 10.1. The summed E-state index contributed by atoms with van der Waals surface area (Å²) in [7, 11) is 3.64. The summed E-state index contributed by atoms with van der Waals surface area (Å²) in [6.45, 7) is 1.03. The number of nitrogens with one attached hydrogen (secondary N) is 1. The van der Waals surface area contributed by atoms with E-state index >= 15 is 0 Å². The highest BCUT2D eigenvalue weighted by atomic mass is 32.1. The van der Waals surface area contributed by atoms with Crippen molar-refractivity contribution in [2.45, 2.75) is 25.5 Å². The number of amides is 1. The van der Waals surface area contributed by atoms with Crippen LogP contribution in [-0.2, 0) is 16.1 Å². The number of ether oxygens (including phenoxy) is 1. The minimum Gasteiger partial charge on any atom is -0.374 e. The minimum absolute atomic E-state index is 0.0992. The monoisotopic (exact) mass is 316 g/mol. The van der Waals surface area contributed by atoms with E-state index in [9.17, 15) is 4.79 Å². The fraction of sp³-hybridized carbons (Fsp3) is 0.385. The molecule has 0 spiro atoms. The predicted octanol–water partition coefficient (Wildman–Crippen LogP) is 0.808. The summed E-state index contributed by atoms with van der Waals surface area (Å²) in [5.74, 6) is 2.35. The first kappa shape index (κ1) is 14.9. The van der Waals surface area contributed by atoms with E-state index < -0.39 is 0 Å². The van der Waals surface area contributed by atoms with E-state index in [-0.39, 0.29) is 11.9 Å². The molecule has 1 amide bonds.